The zero-order valence-electron chi connectivity index (χ0n) is 51.0. The molecule has 0 amide bonds. The van der Waals surface area contributed by atoms with E-state index in [1.54, 1.807) is 0 Å². The number of aryl methyl sites for hydroxylation is 1. The first-order chi connectivity index (χ1) is 42.9. The molecule has 0 fully saturated rings. The molecule has 0 saturated carbocycles. The standard InChI is InChI=1S/C85H70N2O/c1-83(2,3)63-35-43-67(44-36-63)86(65-39-31-57(32-40-65)61-29-27-55-17-7-9-19-59(55)51-61)69-47-49-73-75(53-69)71-21-11-12-22-72(71)81-74-50-48-70(54-78(74)85(82(73)81)76-23-13-15-25-79(76)88-80-26-16-14-24-77(80)85)87(68-45-37-64(38-46-68)84(4,5)6)66-41-33-58(34-42-66)62-30-28-56-18-8-10-20-60(56)52-62/h7-9,11-19,21-33,35-41,43-54H,10,20,34,42H2,1-6H3. The van der Waals surface area contributed by atoms with Crippen LogP contribution >= 0.6 is 0 Å². The number of nitrogens with zero attached hydrogens (tertiary/aromatic N) is 2. The van der Waals surface area contributed by atoms with Gasteiger partial charge in [-0.3, -0.25) is 0 Å². The maximum absolute atomic E-state index is 7.05. The van der Waals surface area contributed by atoms with Gasteiger partial charge in [0.2, 0.25) is 0 Å². The van der Waals surface area contributed by atoms with Gasteiger partial charge in [-0.05, 0) is 221 Å². The van der Waals surface area contributed by atoms with Gasteiger partial charge >= 0.3 is 0 Å². The van der Waals surface area contributed by atoms with E-state index in [1.165, 1.54) is 105 Å². The van der Waals surface area contributed by atoms with Crippen molar-refractivity contribution >= 4 is 72.4 Å². The summed E-state index contributed by atoms with van der Waals surface area (Å²) in [4.78, 5) is 4.99. The van der Waals surface area contributed by atoms with E-state index < -0.39 is 5.41 Å². The van der Waals surface area contributed by atoms with Gasteiger partial charge in [-0.15, -0.1) is 0 Å². The van der Waals surface area contributed by atoms with Crippen LogP contribution in [0.5, 0.6) is 11.5 Å². The quantitative estimate of drug-likeness (QED) is 0.141. The largest absolute Gasteiger partial charge is 0.457 e. The number of benzene rings is 12. The van der Waals surface area contributed by atoms with Crippen molar-refractivity contribution in [2.45, 2.75) is 83.5 Å². The predicted molar refractivity (Wildman–Crippen MR) is 372 cm³/mol. The highest BCUT2D eigenvalue weighted by Crippen LogP contribution is 2.66. The maximum atomic E-state index is 7.05. The molecule has 3 aliphatic carbocycles. The molecule has 16 rings (SSSR count). The molecule has 1 aliphatic heterocycles. The third-order valence-electron chi connectivity index (χ3n) is 19.4. The van der Waals surface area contributed by atoms with Crippen LogP contribution in [0.3, 0.4) is 0 Å². The molecule has 426 valence electrons. The van der Waals surface area contributed by atoms with Crippen molar-refractivity contribution in [3.8, 4) is 33.8 Å². The topological polar surface area (TPSA) is 15.7 Å². The first-order valence-electron chi connectivity index (χ1n) is 31.5. The lowest BCUT2D eigenvalue weighted by atomic mass is 9.65. The van der Waals surface area contributed by atoms with Crippen LogP contribution in [0.4, 0.5) is 28.4 Å². The summed E-state index contributed by atoms with van der Waals surface area (Å²) in [7, 11) is 0. The average Bonchev–Trinajstić information content (AvgIpc) is 1.47. The van der Waals surface area contributed by atoms with Gasteiger partial charge < -0.3 is 14.5 Å². The van der Waals surface area contributed by atoms with Crippen molar-refractivity contribution in [2.75, 3.05) is 9.80 Å². The fraction of sp³-hybridized carbons (Fsp3) is 0.153. The van der Waals surface area contributed by atoms with E-state index in [4.69, 9.17) is 4.74 Å². The van der Waals surface area contributed by atoms with E-state index >= 15 is 0 Å². The van der Waals surface area contributed by atoms with E-state index in [-0.39, 0.29) is 10.8 Å². The number of allylic oxidation sites excluding steroid dienone is 5. The summed E-state index contributed by atoms with van der Waals surface area (Å²) < 4.78 is 7.05. The molecule has 0 aromatic heterocycles. The number of hydrogen-bond donors (Lipinski definition) is 0. The van der Waals surface area contributed by atoms with E-state index in [9.17, 15) is 0 Å². The molecule has 88 heavy (non-hydrogen) atoms. The van der Waals surface area contributed by atoms with Crippen molar-refractivity contribution < 1.29 is 4.74 Å². The molecule has 0 N–H and O–H groups in total. The lowest BCUT2D eigenvalue weighted by Crippen LogP contribution is -2.32. The number of rotatable bonds is 8. The lowest BCUT2D eigenvalue weighted by Gasteiger charge is -2.40. The summed E-state index contributed by atoms with van der Waals surface area (Å²) in [6.45, 7) is 13.8. The third-order valence-corrected chi connectivity index (χ3v) is 19.4. The Morgan fingerprint density at radius 1 is 0.398 bits per heavy atom. The van der Waals surface area contributed by atoms with Gasteiger partial charge in [-0.1, -0.05) is 224 Å². The molecule has 0 saturated heterocycles. The molecular weight excluding hydrogens is 1060 g/mol. The van der Waals surface area contributed by atoms with Gasteiger partial charge in [0.1, 0.15) is 11.5 Å². The Morgan fingerprint density at radius 3 is 1.66 bits per heavy atom. The zero-order chi connectivity index (χ0) is 59.5. The van der Waals surface area contributed by atoms with Gasteiger partial charge in [0.05, 0.1) is 5.41 Å². The lowest BCUT2D eigenvalue weighted by molar-refractivity contribution is 0.437. The second-order valence-electron chi connectivity index (χ2n) is 26.7. The van der Waals surface area contributed by atoms with Crippen molar-refractivity contribution in [1.82, 2.24) is 0 Å². The first-order valence-corrected chi connectivity index (χ1v) is 31.5. The van der Waals surface area contributed by atoms with E-state index in [0.29, 0.717) is 0 Å². The Bertz CT molecular complexity index is 4840. The van der Waals surface area contributed by atoms with Crippen molar-refractivity contribution in [3.05, 3.63) is 317 Å². The summed E-state index contributed by atoms with van der Waals surface area (Å²) in [6.07, 6.45) is 13.4. The van der Waals surface area contributed by atoms with Crippen LogP contribution in [0.2, 0.25) is 0 Å². The van der Waals surface area contributed by atoms with Crippen LogP contribution in [0.1, 0.15) is 111 Å². The van der Waals surface area contributed by atoms with Crippen molar-refractivity contribution in [3.63, 3.8) is 0 Å². The number of para-hydroxylation sites is 2. The molecule has 0 radical (unpaired) electrons. The molecule has 0 atom stereocenters. The zero-order valence-corrected chi connectivity index (χ0v) is 51.0. The average molecular weight is 1140 g/mol. The Morgan fingerprint density at radius 2 is 0.977 bits per heavy atom. The Hall–Kier alpha value is -9.96. The molecule has 0 unspecified atom stereocenters. The predicted octanol–water partition coefficient (Wildman–Crippen LogP) is 23.2. The Kier molecular flexibility index (Phi) is 12.5. The number of fused-ring (bicyclic) bond motifs is 16. The number of ether oxygens (including phenoxy) is 1. The molecule has 1 spiro atoms. The molecule has 4 aliphatic rings. The van der Waals surface area contributed by atoms with Gasteiger partial charge in [-0.2, -0.15) is 0 Å². The van der Waals surface area contributed by atoms with E-state index in [0.717, 1.165) is 76.7 Å². The van der Waals surface area contributed by atoms with Crippen LogP contribution in [0, 0.1) is 0 Å². The molecule has 0 bridgehead atoms. The fourth-order valence-corrected chi connectivity index (χ4v) is 14.9. The van der Waals surface area contributed by atoms with Crippen LogP contribution in [0.15, 0.2) is 267 Å². The first kappa shape index (κ1) is 53.5. The molecule has 12 aromatic rings. The summed E-state index contributed by atoms with van der Waals surface area (Å²) in [5.41, 5.74) is 24.0. The van der Waals surface area contributed by atoms with Crippen LogP contribution in [-0.2, 0) is 22.7 Å². The Labute approximate surface area is 517 Å². The molecule has 1 heterocycles. The van der Waals surface area contributed by atoms with Gasteiger partial charge in [0.15, 0.2) is 0 Å². The summed E-state index contributed by atoms with van der Waals surface area (Å²) in [6, 6.07) is 91.6. The van der Waals surface area contributed by atoms with Crippen LogP contribution in [0.25, 0.3) is 66.2 Å². The van der Waals surface area contributed by atoms with E-state index in [1.807, 2.05) is 0 Å². The molecule has 12 aromatic carbocycles. The highest BCUT2D eigenvalue weighted by molar-refractivity contribution is 6.20. The minimum Gasteiger partial charge on any atom is -0.457 e. The molecular formula is C85H70N2O. The highest BCUT2D eigenvalue weighted by atomic mass is 16.5. The van der Waals surface area contributed by atoms with Crippen LogP contribution < -0.4 is 14.5 Å². The van der Waals surface area contributed by atoms with Gasteiger partial charge in [0.25, 0.3) is 0 Å². The number of anilines is 5. The SMILES string of the molecule is CC(C)(C)c1ccc(N(C2=CC=C(c3ccc4c(c3)CCC=C4)CC2)c2ccc3c(c2)C2(c4ccccc4Oc4ccccc42)c2c-3c3ccccc3c3cc(N(c4ccc(-c5ccc6ccccc6c5)cc4)c4ccc(C(C)(C)C)cc4)ccc23)cc1. The third kappa shape index (κ3) is 8.76. The normalized spacial score (nSPS) is 14.6. The van der Waals surface area contributed by atoms with Crippen molar-refractivity contribution in [1.29, 1.82) is 0 Å². The van der Waals surface area contributed by atoms with E-state index in [2.05, 4.69) is 318 Å². The number of hydrogen-bond acceptors (Lipinski definition) is 3. The van der Waals surface area contributed by atoms with Crippen molar-refractivity contribution in [2.24, 2.45) is 0 Å². The van der Waals surface area contributed by atoms with Gasteiger partial charge in [-0.25, -0.2) is 0 Å². The second-order valence-corrected chi connectivity index (χ2v) is 26.7. The minimum atomic E-state index is -0.769. The fourth-order valence-electron chi connectivity index (χ4n) is 14.9. The monoisotopic (exact) mass is 1130 g/mol. The Balaban J connectivity index is 0.907. The van der Waals surface area contributed by atoms with Crippen LogP contribution in [-0.4, -0.2) is 0 Å². The maximum Gasteiger partial charge on any atom is 0.132 e. The summed E-state index contributed by atoms with van der Waals surface area (Å²) in [5, 5.41) is 7.36. The highest BCUT2D eigenvalue weighted by Gasteiger charge is 2.53. The minimum absolute atomic E-state index is 0.00787. The van der Waals surface area contributed by atoms with Gasteiger partial charge in [0, 0.05) is 45.3 Å². The smallest absolute Gasteiger partial charge is 0.132 e. The molecule has 3 heteroatoms. The molecule has 3 nitrogen and oxygen atoms in total. The summed E-state index contributed by atoms with van der Waals surface area (Å²) in [5.74, 6) is 1.75. The second kappa shape index (κ2) is 20.6. The summed E-state index contributed by atoms with van der Waals surface area (Å²) >= 11 is 0.